The molecule has 0 radical (unpaired) electrons. The SMILES string of the molecule is CC(C)C(NC(=O)C(N)CCCN=C(N)N)C(=O)NC(Cc1cnc[nH]1)C(=O)NC(CC(=O)O)C(=O)O. The lowest BCUT2D eigenvalue weighted by molar-refractivity contribution is -0.147. The minimum atomic E-state index is -1.72. The smallest absolute Gasteiger partial charge is 0.326 e. The Labute approximate surface area is 212 Å². The Bertz CT molecular complexity index is 962. The van der Waals surface area contributed by atoms with Crippen molar-refractivity contribution in [2.75, 3.05) is 6.54 Å². The number of aromatic amines is 1. The minimum Gasteiger partial charge on any atom is -0.481 e. The van der Waals surface area contributed by atoms with Crippen LogP contribution >= 0.6 is 0 Å². The van der Waals surface area contributed by atoms with E-state index >= 15 is 0 Å². The van der Waals surface area contributed by atoms with E-state index in [0.29, 0.717) is 12.1 Å². The number of carboxylic acid groups (broad SMARTS) is 2. The highest BCUT2D eigenvalue weighted by molar-refractivity contribution is 5.94. The topological polar surface area (TPSA) is 281 Å². The summed E-state index contributed by atoms with van der Waals surface area (Å²) in [6, 6.07) is -5.05. The number of nitrogens with zero attached hydrogens (tertiary/aromatic N) is 2. The second-order valence-electron chi connectivity index (χ2n) is 8.63. The summed E-state index contributed by atoms with van der Waals surface area (Å²) in [6.45, 7) is 3.62. The first-order valence-electron chi connectivity index (χ1n) is 11.5. The van der Waals surface area contributed by atoms with E-state index in [9.17, 15) is 29.1 Å². The van der Waals surface area contributed by atoms with E-state index in [1.165, 1.54) is 12.5 Å². The Balaban J connectivity index is 2.95. The summed E-state index contributed by atoms with van der Waals surface area (Å²) in [4.78, 5) is 71.3. The number of amides is 3. The second kappa shape index (κ2) is 15.0. The van der Waals surface area contributed by atoms with Crippen LogP contribution in [-0.2, 0) is 30.4 Å². The van der Waals surface area contributed by atoms with E-state index in [1.807, 2.05) is 0 Å². The van der Waals surface area contributed by atoms with Gasteiger partial charge in [-0.1, -0.05) is 13.8 Å². The number of carbonyl (C=O) groups excluding carboxylic acids is 3. The number of nitrogens with one attached hydrogen (secondary N) is 4. The van der Waals surface area contributed by atoms with Gasteiger partial charge in [-0.3, -0.25) is 24.2 Å². The largest absolute Gasteiger partial charge is 0.481 e. The van der Waals surface area contributed by atoms with Crippen LogP contribution in [0.5, 0.6) is 0 Å². The number of hydrogen-bond acceptors (Lipinski definition) is 8. The maximum Gasteiger partial charge on any atom is 0.326 e. The molecule has 0 aromatic carbocycles. The van der Waals surface area contributed by atoms with Crippen LogP contribution in [0.15, 0.2) is 17.5 Å². The zero-order valence-electron chi connectivity index (χ0n) is 20.6. The molecule has 16 nitrogen and oxygen atoms in total. The molecule has 0 aliphatic carbocycles. The molecule has 0 spiro atoms. The highest BCUT2D eigenvalue weighted by atomic mass is 16.4. The van der Waals surface area contributed by atoms with Crippen molar-refractivity contribution in [3.63, 3.8) is 0 Å². The summed E-state index contributed by atoms with van der Waals surface area (Å²) < 4.78 is 0. The Morgan fingerprint density at radius 2 is 1.68 bits per heavy atom. The maximum atomic E-state index is 13.1. The zero-order valence-corrected chi connectivity index (χ0v) is 20.6. The number of H-pyrrole nitrogens is 1. The molecule has 12 N–H and O–H groups in total. The molecule has 3 amide bonds. The third kappa shape index (κ3) is 11.4. The van der Waals surface area contributed by atoms with E-state index < -0.39 is 66.2 Å². The van der Waals surface area contributed by atoms with Gasteiger partial charge in [0.15, 0.2) is 5.96 Å². The number of aliphatic carboxylic acids is 2. The molecule has 0 saturated carbocycles. The van der Waals surface area contributed by atoms with Crippen LogP contribution in [0, 0.1) is 5.92 Å². The summed E-state index contributed by atoms with van der Waals surface area (Å²) >= 11 is 0. The van der Waals surface area contributed by atoms with Gasteiger partial charge in [0, 0.05) is 24.9 Å². The molecular formula is C21H35N9O7. The molecule has 1 heterocycles. The second-order valence-corrected chi connectivity index (χ2v) is 8.63. The van der Waals surface area contributed by atoms with Crippen LogP contribution in [0.4, 0.5) is 0 Å². The van der Waals surface area contributed by atoms with Crippen molar-refractivity contribution in [1.82, 2.24) is 25.9 Å². The summed E-state index contributed by atoms with van der Waals surface area (Å²) in [5, 5.41) is 25.4. The number of carbonyl (C=O) groups is 5. The molecular weight excluding hydrogens is 490 g/mol. The van der Waals surface area contributed by atoms with Gasteiger partial charge in [0.05, 0.1) is 18.8 Å². The maximum absolute atomic E-state index is 13.1. The fourth-order valence-electron chi connectivity index (χ4n) is 3.18. The van der Waals surface area contributed by atoms with Gasteiger partial charge in [0.1, 0.15) is 18.1 Å². The summed E-state index contributed by atoms with van der Waals surface area (Å²) in [5.74, 6) is -5.72. The van der Waals surface area contributed by atoms with Gasteiger partial charge in [0.25, 0.3) is 0 Å². The average Bonchev–Trinajstić information content (AvgIpc) is 3.31. The number of aromatic nitrogens is 2. The molecule has 1 rings (SSSR count). The van der Waals surface area contributed by atoms with Crippen molar-refractivity contribution >= 4 is 35.6 Å². The van der Waals surface area contributed by atoms with Crippen LogP contribution < -0.4 is 33.2 Å². The van der Waals surface area contributed by atoms with Gasteiger partial charge < -0.3 is 48.3 Å². The van der Waals surface area contributed by atoms with Crippen LogP contribution in [0.1, 0.15) is 38.8 Å². The van der Waals surface area contributed by atoms with Gasteiger partial charge in [-0.05, 0) is 18.8 Å². The molecule has 16 heteroatoms. The number of carboxylic acids is 2. The Morgan fingerprint density at radius 3 is 2.19 bits per heavy atom. The van der Waals surface area contributed by atoms with Gasteiger partial charge >= 0.3 is 11.9 Å². The molecule has 1 aromatic rings. The first-order chi connectivity index (χ1) is 17.3. The highest BCUT2D eigenvalue weighted by Gasteiger charge is 2.32. The zero-order chi connectivity index (χ0) is 28.1. The lowest BCUT2D eigenvalue weighted by Gasteiger charge is -2.26. The fourth-order valence-corrected chi connectivity index (χ4v) is 3.18. The van der Waals surface area contributed by atoms with Crippen LogP contribution in [0.2, 0.25) is 0 Å². The summed E-state index contributed by atoms with van der Waals surface area (Å²) in [7, 11) is 0. The lowest BCUT2D eigenvalue weighted by atomic mass is 10.0. The molecule has 0 fully saturated rings. The monoisotopic (exact) mass is 525 g/mol. The third-order valence-corrected chi connectivity index (χ3v) is 5.16. The number of imidazole rings is 1. The molecule has 0 aliphatic heterocycles. The predicted octanol–water partition coefficient (Wildman–Crippen LogP) is -3.00. The van der Waals surface area contributed by atoms with Gasteiger partial charge in [-0.2, -0.15) is 0 Å². The standard InChI is InChI=1S/C21H35N9O7/c1-10(2)16(30-17(33)12(22)4-3-5-26-21(23)24)19(35)28-13(6-11-8-25-9-27-11)18(34)29-14(20(36)37)7-15(31)32/h8-10,12-14,16H,3-7,22H2,1-2H3,(H,25,27)(H,28,35)(H,29,34)(H,30,33)(H,31,32)(H,36,37)(H4,23,24,26). The van der Waals surface area contributed by atoms with Gasteiger partial charge in [-0.15, -0.1) is 0 Å². The van der Waals surface area contributed by atoms with Crippen molar-refractivity contribution in [3.8, 4) is 0 Å². The van der Waals surface area contributed by atoms with E-state index in [4.69, 9.17) is 22.3 Å². The Morgan fingerprint density at radius 1 is 1.03 bits per heavy atom. The Hall–Kier alpha value is -4.21. The first kappa shape index (κ1) is 30.8. The normalized spacial score (nSPS) is 14.1. The molecule has 4 atom stereocenters. The van der Waals surface area contributed by atoms with Crippen LogP contribution in [0.25, 0.3) is 0 Å². The molecule has 0 saturated heterocycles. The Kier molecular flexibility index (Phi) is 12.5. The number of rotatable bonds is 16. The number of hydrogen-bond donors (Lipinski definition) is 9. The van der Waals surface area contributed by atoms with Crippen molar-refractivity contribution in [1.29, 1.82) is 0 Å². The molecule has 37 heavy (non-hydrogen) atoms. The summed E-state index contributed by atoms with van der Waals surface area (Å²) in [6.07, 6.45) is 2.46. The van der Waals surface area contributed by atoms with Crippen molar-refractivity contribution in [2.45, 2.75) is 63.7 Å². The average molecular weight is 526 g/mol. The molecule has 206 valence electrons. The predicted molar refractivity (Wildman–Crippen MR) is 131 cm³/mol. The van der Waals surface area contributed by atoms with Crippen molar-refractivity contribution < 1.29 is 34.2 Å². The fraction of sp³-hybridized carbons (Fsp3) is 0.571. The van der Waals surface area contributed by atoms with Crippen LogP contribution in [0.3, 0.4) is 0 Å². The van der Waals surface area contributed by atoms with Gasteiger partial charge in [-0.25, -0.2) is 9.78 Å². The summed E-state index contributed by atoms with van der Waals surface area (Å²) in [5.41, 5.74) is 16.9. The molecule has 0 bridgehead atoms. The molecule has 0 aliphatic rings. The number of nitrogens with two attached hydrogens (primary N) is 3. The first-order valence-corrected chi connectivity index (χ1v) is 11.5. The number of guanidine groups is 1. The highest BCUT2D eigenvalue weighted by Crippen LogP contribution is 2.07. The third-order valence-electron chi connectivity index (χ3n) is 5.16. The number of aliphatic imine (C=N–C) groups is 1. The molecule has 1 aromatic heterocycles. The lowest BCUT2D eigenvalue weighted by Crippen LogP contribution is -2.59. The van der Waals surface area contributed by atoms with Crippen molar-refractivity contribution in [3.05, 3.63) is 18.2 Å². The quantitative estimate of drug-likeness (QED) is 0.0595. The van der Waals surface area contributed by atoms with E-state index in [-0.39, 0.29) is 25.3 Å². The minimum absolute atomic E-state index is 0.0825. The van der Waals surface area contributed by atoms with E-state index in [2.05, 4.69) is 30.9 Å². The van der Waals surface area contributed by atoms with Crippen LogP contribution in [-0.4, -0.2) is 86.5 Å². The van der Waals surface area contributed by atoms with Gasteiger partial charge in [0.2, 0.25) is 17.7 Å². The van der Waals surface area contributed by atoms with E-state index in [0.717, 1.165) is 0 Å². The molecule has 4 unspecified atom stereocenters. The van der Waals surface area contributed by atoms with E-state index in [1.54, 1.807) is 13.8 Å². The van der Waals surface area contributed by atoms with Crippen molar-refractivity contribution in [2.24, 2.45) is 28.1 Å².